The van der Waals surface area contributed by atoms with Gasteiger partial charge in [-0.3, -0.25) is 0 Å². The first-order chi connectivity index (χ1) is 4.79. The average Bonchev–Trinajstić information content (AvgIpc) is 2.34. The molecule has 1 nitrogen and oxygen atoms in total. The lowest BCUT2D eigenvalue weighted by Crippen LogP contribution is -2.12. The monoisotopic (exact) mass is 138 g/mol. The summed E-state index contributed by atoms with van der Waals surface area (Å²) in [6.07, 6.45) is 7.79. The van der Waals surface area contributed by atoms with Crippen molar-refractivity contribution in [3.63, 3.8) is 0 Å². The van der Waals surface area contributed by atoms with Crippen molar-refractivity contribution >= 4 is 6.21 Å². The van der Waals surface area contributed by atoms with Crippen LogP contribution in [0.25, 0.3) is 0 Å². The topological polar surface area (TPSA) is 3.01 Å². The molecule has 1 heterocycles. The van der Waals surface area contributed by atoms with Crippen LogP contribution in [0.1, 0.15) is 20.3 Å². The van der Waals surface area contributed by atoms with E-state index in [1.54, 1.807) is 0 Å². The largest absolute Gasteiger partial charge is 0.232 e. The minimum absolute atomic E-state index is 0.828. The Morgan fingerprint density at radius 3 is 2.80 bits per heavy atom. The fourth-order valence-electron chi connectivity index (χ4n) is 1.03. The van der Waals surface area contributed by atoms with Crippen LogP contribution >= 0.6 is 0 Å². The molecule has 10 heavy (non-hydrogen) atoms. The molecule has 1 aliphatic rings. The van der Waals surface area contributed by atoms with Gasteiger partial charge in [-0.15, -0.1) is 0 Å². The predicted octanol–water partition coefficient (Wildman–Crippen LogP) is 1.69. The van der Waals surface area contributed by atoms with E-state index in [1.165, 1.54) is 13.0 Å². The Labute approximate surface area is 63.1 Å². The predicted molar refractivity (Wildman–Crippen MR) is 44.7 cm³/mol. The van der Waals surface area contributed by atoms with E-state index in [-0.39, 0.29) is 0 Å². The molecule has 1 aliphatic heterocycles. The third-order valence-electron chi connectivity index (χ3n) is 1.77. The van der Waals surface area contributed by atoms with Crippen LogP contribution in [0.15, 0.2) is 12.2 Å². The number of hydrogen-bond donors (Lipinski definition) is 0. The molecule has 0 N–H and O–H groups in total. The van der Waals surface area contributed by atoms with Gasteiger partial charge in [0.15, 0.2) is 12.8 Å². The maximum atomic E-state index is 2.35. The number of allylic oxidation sites excluding steroid dienone is 1. The lowest BCUT2D eigenvalue weighted by Gasteiger charge is -2.00. The van der Waals surface area contributed by atoms with Crippen LogP contribution in [0, 0.1) is 5.92 Å². The number of rotatable bonds is 3. The van der Waals surface area contributed by atoms with Gasteiger partial charge >= 0.3 is 0 Å². The summed E-state index contributed by atoms with van der Waals surface area (Å²) < 4.78 is 2.35. The van der Waals surface area contributed by atoms with Crippen LogP contribution in [0.3, 0.4) is 0 Å². The van der Waals surface area contributed by atoms with Crippen LogP contribution in [-0.4, -0.2) is 23.9 Å². The smallest absolute Gasteiger partial charge is 0.163 e. The summed E-state index contributed by atoms with van der Waals surface area (Å²) in [4.78, 5) is 0. The normalized spacial score (nSPS) is 16.5. The highest BCUT2D eigenvalue weighted by atomic mass is 15.0. The third kappa shape index (κ3) is 2.34. The highest BCUT2D eigenvalue weighted by Gasteiger charge is 2.05. The van der Waals surface area contributed by atoms with Gasteiger partial charge in [0.05, 0.1) is 0 Å². The SMILES string of the molecule is CC(C)CC[N+]1=CC=CC1. The Morgan fingerprint density at radius 2 is 2.30 bits per heavy atom. The van der Waals surface area contributed by atoms with E-state index in [2.05, 4.69) is 36.8 Å². The Balaban J connectivity index is 2.15. The molecule has 0 saturated heterocycles. The summed E-state index contributed by atoms with van der Waals surface area (Å²) in [6, 6.07) is 0. The van der Waals surface area contributed by atoms with Crippen molar-refractivity contribution < 1.29 is 4.58 Å². The molecule has 0 saturated carbocycles. The van der Waals surface area contributed by atoms with Gasteiger partial charge in [-0.25, -0.2) is 4.58 Å². The second kappa shape index (κ2) is 3.55. The summed E-state index contributed by atoms with van der Waals surface area (Å²) in [5, 5.41) is 0. The molecule has 0 unspecified atom stereocenters. The van der Waals surface area contributed by atoms with Crippen molar-refractivity contribution in [1.29, 1.82) is 0 Å². The summed E-state index contributed by atoms with van der Waals surface area (Å²) in [6.45, 7) is 6.87. The minimum atomic E-state index is 0.828. The van der Waals surface area contributed by atoms with Crippen LogP contribution in [0.5, 0.6) is 0 Å². The molecule has 56 valence electrons. The molecule has 1 rings (SSSR count). The van der Waals surface area contributed by atoms with E-state index in [1.807, 2.05) is 0 Å². The Bertz CT molecular complexity index is 154. The first-order valence-electron chi connectivity index (χ1n) is 4.03. The lowest BCUT2D eigenvalue weighted by molar-refractivity contribution is -0.510. The lowest BCUT2D eigenvalue weighted by atomic mass is 10.1. The maximum absolute atomic E-state index is 2.35. The second-order valence-corrected chi connectivity index (χ2v) is 3.25. The van der Waals surface area contributed by atoms with Gasteiger partial charge in [0.1, 0.15) is 6.54 Å². The van der Waals surface area contributed by atoms with Gasteiger partial charge in [0, 0.05) is 12.5 Å². The Hall–Kier alpha value is -0.590. The second-order valence-electron chi connectivity index (χ2n) is 3.25. The molecule has 0 spiro atoms. The van der Waals surface area contributed by atoms with Crippen molar-refractivity contribution in [2.45, 2.75) is 20.3 Å². The molecular formula is C9H16N+. The number of nitrogens with zero attached hydrogens (tertiary/aromatic N) is 1. The van der Waals surface area contributed by atoms with E-state index >= 15 is 0 Å². The van der Waals surface area contributed by atoms with Crippen LogP contribution in [-0.2, 0) is 0 Å². The fraction of sp³-hybridized carbons (Fsp3) is 0.667. The zero-order valence-corrected chi connectivity index (χ0v) is 6.88. The zero-order valence-electron chi connectivity index (χ0n) is 6.88. The quantitative estimate of drug-likeness (QED) is 0.522. The Morgan fingerprint density at radius 1 is 1.50 bits per heavy atom. The molecule has 0 amide bonds. The van der Waals surface area contributed by atoms with Crippen molar-refractivity contribution in [3.8, 4) is 0 Å². The third-order valence-corrected chi connectivity index (χ3v) is 1.77. The van der Waals surface area contributed by atoms with Gasteiger partial charge in [0.25, 0.3) is 0 Å². The molecule has 0 aromatic heterocycles. The van der Waals surface area contributed by atoms with E-state index in [4.69, 9.17) is 0 Å². The molecule has 0 aromatic carbocycles. The molecule has 0 atom stereocenters. The van der Waals surface area contributed by atoms with Gasteiger partial charge in [-0.05, 0) is 12.0 Å². The van der Waals surface area contributed by atoms with Gasteiger partial charge in [-0.1, -0.05) is 13.8 Å². The van der Waals surface area contributed by atoms with Gasteiger partial charge in [-0.2, -0.15) is 0 Å². The van der Waals surface area contributed by atoms with Crippen LogP contribution < -0.4 is 0 Å². The molecule has 0 bridgehead atoms. The maximum Gasteiger partial charge on any atom is 0.163 e. The molecule has 0 aliphatic carbocycles. The highest BCUT2D eigenvalue weighted by molar-refractivity contribution is 5.67. The van der Waals surface area contributed by atoms with Crippen molar-refractivity contribution in [2.24, 2.45) is 5.92 Å². The average molecular weight is 138 g/mol. The minimum Gasteiger partial charge on any atom is -0.232 e. The van der Waals surface area contributed by atoms with Crippen molar-refractivity contribution in [2.75, 3.05) is 13.1 Å². The summed E-state index contributed by atoms with van der Waals surface area (Å²) in [5.41, 5.74) is 0. The van der Waals surface area contributed by atoms with Crippen LogP contribution in [0.4, 0.5) is 0 Å². The number of hydrogen-bond acceptors (Lipinski definition) is 0. The van der Waals surface area contributed by atoms with Crippen molar-refractivity contribution in [1.82, 2.24) is 0 Å². The van der Waals surface area contributed by atoms with Crippen LogP contribution in [0.2, 0.25) is 0 Å². The summed E-state index contributed by atoms with van der Waals surface area (Å²) in [5.74, 6) is 0.828. The molecular weight excluding hydrogens is 122 g/mol. The summed E-state index contributed by atoms with van der Waals surface area (Å²) >= 11 is 0. The first-order valence-corrected chi connectivity index (χ1v) is 4.03. The van der Waals surface area contributed by atoms with Crippen molar-refractivity contribution in [3.05, 3.63) is 12.2 Å². The van der Waals surface area contributed by atoms with E-state index in [0.29, 0.717) is 0 Å². The highest BCUT2D eigenvalue weighted by Crippen LogP contribution is 1.99. The molecule has 0 fully saturated rings. The van der Waals surface area contributed by atoms with E-state index < -0.39 is 0 Å². The zero-order chi connectivity index (χ0) is 7.40. The molecule has 0 aromatic rings. The van der Waals surface area contributed by atoms with Gasteiger partial charge in [0.2, 0.25) is 0 Å². The summed E-state index contributed by atoms with van der Waals surface area (Å²) in [7, 11) is 0. The van der Waals surface area contributed by atoms with E-state index in [0.717, 1.165) is 12.5 Å². The Kier molecular flexibility index (Phi) is 2.67. The fourth-order valence-corrected chi connectivity index (χ4v) is 1.03. The molecule has 1 heteroatoms. The van der Waals surface area contributed by atoms with Gasteiger partial charge < -0.3 is 0 Å². The molecule has 0 radical (unpaired) electrons. The standard InChI is InChI=1S/C9H16N/c1-9(2)5-8-10-6-3-4-7-10/h3-4,6,9H,5,7-8H2,1-2H3/q+1. The van der Waals surface area contributed by atoms with E-state index in [9.17, 15) is 0 Å². The first kappa shape index (κ1) is 7.52.